The minimum atomic E-state index is 0.404. The van der Waals surface area contributed by atoms with Crippen LogP contribution in [-0.2, 0) is 0 Å². The summed E-state index contributed by atoms with van der Waals surface area (Å²) in [5.74, 6) is 1.34. The molecule has 0 amide bonds. The Morgan fingerprint density at radius 2 is 2.18 bits per heavy atom. The summed E-state index contributed by atoms with van der Waals surface area (Å²) in [5, 5.41) is 12.1. The van der Waals surface area contributed by atoms with Gasteiger partial charge in [-0.25, -0.2) is 0 Å². The van der Waals surface area contributed by atoms with E-state index in [0.29, 0.717) is 11.3 Å². The first-order valence-corrected chi connectivity index (χ1v) is 4.37. The molecule has 0 radical (unpaired) electrons. The number of nitrogens with zero attached hydrogens (tertiary/aromatic N) is 1. The van der Waals surface area contributed by atoms with Crippen molar-refractivity contribution in [3.8, 4) is 0 Å². The van der Waals surface area contributed by atoms with Crippen LogP contribution in [0.5, 0.6) is 0 Å². The Kier molecular flexibility index (Phi) is 1.29. The molecule has 2 fully saturated rings. The van der Waals surface area contributed by atoms with Crippen LogP contribution < -0.4 is 0 Å². The van der Waals surface area contributed by atoms with E-state index < -0.39 is 0 Å². The quantitative estimate of drug-likeness (QED) is 0.420. The molecular weight excluding hydrogens is 138 g/mol. The van der Waals surface area contributed by atoms with E-state index in [9.17, 15) is 0 Å². The van der Waals surface area contributed by atoms with Crippen molar-refractivity contribution in [1.29, 1.82) is 0 Å². The fourth-order valence-corrected chi connectivity index (χ4v) is 2.86. The molecule has 0 spiro atoms. The molecule has 2 bridgehead atoms. The molecule has 0 saturated heterocycles. The lowest BCUT2D eigenvalue weighted by Gasteiger charge is -2.22. The summed E-state index contributed by atoms with van der Waals surface area (Å²) in [6, 6.07) is 0. The molecule has 2 aliphatic rings. The molecule has 2 atom stereocenters. The Hall–Kier alpha value is -0.530. The van der Waals surface area contributed by atoms with Crippen LogP contribution in [0.2, 0.25) is 0 Å². The Bertz CT molecular complexity index is 208. The average molecular weight is 153 g/mol. The zero-order valence-corrected chi connectivity index (χ0v) is 7.17. The predicted octanol–water partition coefficient (Wildman–Crippen LogP) is 2.27. The van der Waals surface area contributed by atoms with Gasteiger partial charge in [-0.3, -0.25) is 0 Å². The summed E-state index contributed by atoms with van der Waals surface area (Å²) in [5.41, 5.74) is 1.45. The van der Waals surface area contributed by atoms with E-state index in [0.717, 1.165) is 18.1 Å². The molecule has 0 heterocycles. The minimum absolute atomic E-state index is 0.404. The van der Waals surface area contributed by atoms with E-state index >= 15 is 0 Å². The van der Waals surface area contributed by atoms with E-state index in [4.69, 9.17) is 5.21 Å². The van der Waals surface area contributed by atoms with E-state index in [-0.39, 0.29) is 0 Å². The van der Waals surface area contributed by atoms with Crippen molar-refractivity contribution in [2.24, 2.45) is 22.4 Å². The second kappa shape index (κ2) is 1.99. The highest BCUT2D eigenvalue weighted by molar-refractivity contribution is 5.90. The van der Waals surface area contributed by atoms with Gasteiger partial charge in [-0.1, -0.05) is 19.0 Å². The largest absolute Gasteiger partial charge is 0.411 e. The monoisotopic (exact) mass is 153 g/mol. The zero-order valence-electron chi connectivity index (χ0n) is 7.17. The van der Waals surface area contributed by atoms with Crippen molar-refractivity contribution in [3.63, 3.8) is 0 Å². The summed E-state index contributed by atoms with van der Waals surface area (Å²) >= 11 is 0. The van der Waals surface area contributed by atoms with Crippen LogP contribution in [-0.4, -0.2) is 10.9 Å². The molecule has 0 aromatic heterocycles. The fourth-order valence-electron chi connectivity index (χ4n) is 2.86. The normalized spacial score (nSPS) is 43.6. The Morgan fingerprint density at radius 1 is 1.45 bits per heavy atom. The van der Waals surface area contributed by atoms with Crippen molar-refractivity contribution in [3.05, 3.63) is 0 Å². The van der Waals surface area contributed by atoms with E-state index in [1.807, 2.05) is 0 Å². The Morgan fingerprint density at radius 3 is 2.45 bits per heavy atom. The van der Waals surface area contributed by atoms with Gasteiger partial charge >= 0.3 is 0 Å². The topological polar surface area (TPSA) is 32.6 Å². The third-order valence-corrected chi connectivity index (χ3v) is 3.74. The molecule has 0 aliphatic heterocycles. The predicted molar refractivity (Wildman–Crippen MR) is 43.8 cm³/mol. The van der Waals surface area contributed by atoms with Crippen molar-refractivity contribution < 1.29 is 5.21 Å². The van der Waals surface area contributed by atoms with Gasteiger partial charge in [0, 0.05) is 5.92 Å². The maximum absolute atomic E-state index is 8.71. The highest BCUT2D eigenvalue weighted by atomic mass is 16.4. The lowest BCUT2D eigenvalue weighted by molar-refractivity contribution is 0.268. The summed E-state index contributed by atoms with van der Waals surface area (Å²) in [6.45, 7) is 4.60. The highest BCUT2D eigenvalue weighted by Gasteiger charge is 2.51. The van der Waals surface area contributed by atoms with Gasteiger partial charge in [0.15, 0.2) is 0 Å². The number of rotatable bonds is 0. The molecule has 2 heteroatoms. The van der Waals surface area contributed by atoms with E-state index in [1.165, 1.54) is 12.8 Å². The second-order valence-corrected chi connectivity index (χ2v) is 4.44. The lowest BCUT2D eigenvalue weighted by Crippen LogP contribution is -2.19. The molecule has 2 nitrogen and oxygen atoms in total. The molecule has 0 aromatic carbocycles. The minimum Gasteiger partial charge on any atom is -0.411 e. The fraction of sp³-hybridized carbons (Fsp3) is 0.889. The molecule has 2 unspecified atom stereocenters. The van der Waals surface area contributed by atoms with Crippen molar-refractivity contribution in [2.45, 2.75) is 33.1 Å². The number of hydrogen-bond donors (Lipinski definition) is 1. The van der Waals surface area contributed by atoms with Gasteiger partial charge in [0.1, 0.15) is 0 Å². The lowest BCUT2D eigenvalue weighted by atomic mass is 9.82. The van der Waals surface area contributed by atoms with Crippen LogP contribution in [0, 0.1) is 17.3 Å². The number of fused-ring (bicyclic) bond motifs is 2. The molecule has 2 rings (SSSR count). The van der Waals surface area contributed by atoms with Gasteiger partial charge in [0.05, 0.1) is 5.71 Å². The maximum atomic E-state index is 8.71. The van der Waals surface area contributed by atoms with E-state index in [2.05, 4.69) is 19.0 Å². The van der Waals surface area contributed by atoms with Crippen LogP contribution in [0.1, 0.15) is 33.1 Å². The summed E-state index contributed by atoms with van der Waals surface area (Å²) in [6.07, 6.45) is 3.60. The summed E-state index contributed by atoms with van der Waals surface area (Å²) in [4.78, 5) is 0. The van der Waals surface area contributed by atoms with E-state index in [1.54, 1.807) is 0 Å². The van der Waals surface area contributed by atoms with Gasteiger partial charge in [-0.05, 0) is 30.6 Å². The zero-order chi connectivity index (χ0) is 8.06. The van der Waals surface area contributed by atoms with Gasteiger partial charge in [0.25, 0.3) is 0 Å². The van der Waals surface area contributed by atoms with Crippen LogP contribution in [0.3, 0.4) is 0 Å². The van der Waals surface area contributed by atoms with Gasteiger partial charge < -0.3 is 5.21 Å². The first kappa shape index (κ1) is 7.14. The standard InChI is InChI=1S/C9H15NO/c1-9(2)6-3-4-7(9)8(5-6)10-11/h6-7,11H,3-5H2,1-2H3. The van der Waals surface area contributed by atoms with Crippen LogP contribution in [0.15, 0.2) is 5.16 Å². The third-order valence-electron chi connectivity index (χ3n) is 3.74. The Balaban J connectivity index is 2.33. The average Bonchev–Trinajstić information content (AvgIpc) is 2.40. The first-order chi connectivity index (χ1) is 5.16. The smallest absolute Gasteiger partial charge is 0.0610 e. The highest BCUT2D eigenvalue weighted by Crippen LogP contribution is 2.55. The molecular formula is C9H15NO. The Labute approximate surface area is 67.3 Å². The number of oxime groups is 1. The van der Waals surface area contributed by atoms with Crippen molar-refractivity contribution in [1.82, 2.24) is 0 Å². The summed E-state index contributed by atoms with van der Waals surface area (Å²) in [7, 11) is 0. The van der Waals surface area contributed by atoms with Gasteiger partial charge in [-0.2, -0.15) is 0 Å². The SMILES string of the molecule is CC1(C)C2CCC1C(=NO)C2. The van der Waals surface area contributed by atoms with Crippen LogP contribution >= 0.6 is 0 Å². The summed E-state index contributed by atoms with van der Waals surface area (Å²) < 4.78 is 0. The van der Waals surface area contributed by atoms with Crippen LogP contribution in [0.4, 0.5) is 0 Å². The molecule has 0 aromatic rings. The van der Waals surface area contributed by atoms with Crippen molar-refractivity contribution >= 4 is 5.71 Å². The maximum Gasteiger partial charge on any atom is 0.0610 e. The second-order valence-electron chi connectivity index (χ2n) is 4.44. The number of hydrogen-bond acceptors (Lipinski definition) is 2. The molecule has 2 aliphatic carbocycles. The molecule has 62 valence electrons. The van der Waals surface area contributed by atoms with Gasteiger partial charge in [-0.15, -0.1) is 0 Å². The first-order valence-electron chi connectivity index (χ1n) is 4.37. The third kappa shape index (κ3) is 0.754. The molecule has 1 N–H and O–H groups in total. The van der Waals surface area contributed by atoms with Crippen LogP contribution in [0.25, 0.3) is 0 Å². The van der Waals surface area contributed by atoms with Gasteiger partial charge in [0.2, 0.25) is 0 Å². The molecule has 2 saturated carbocycles. The van der Waals surface area contributed by atoms with Crippen molar-refractivity contribution in [2.75, 3.05) is 0 Å². The molecule has 11 heavy (non-hydrogen) atoms.